The van der Waals surface area contributed by atoms with Crippen LogP contribution in [-0.2, 0) is 0 Å². The van der Waals surface area contributed by atoms with Crippen LogP contribution in [0.5, 0.6) is 0 Å². The molecule has 0 N–H and O–H groups in total. The number of unbranched alkanes of at least 4 members (excludes halogenated alkanes) is 39. The molecule has 0 aromatic rings. The second-order valence-corrected chi connectivity index (χ2v) is 18.0. The van der Waals surface area contributed by atoms with Gasteiger partial charge in [-0.2, -0.15) is 0 Å². The Balaban J connectivity index is 4.61. The van der Waals surface area contributed by atoms with Gasteiger partial charge in [0, 0.05) is 0 Å². The normalized spacial score (nSPS) is 12.0. The highest BCUT2D eigenvalue weighted by molar-refractivity contribution is 4.56. The van der Waals surface area contributed by atoms with Crippen LogP contribution in [0.4, 0.5) is 0 Å². The Morgan fingerprint density at radius 3 is 0.423 bits per heavy atom. The second kappa shape index (κ2) is 45.4. The SMILES string of the molecule is CCCCCCCCCCCCCCC[N+](CCCCCC)(CCCCCCCCCCCCCCC)CCCCCCCCCCCCCCC. The van der Waals surface area contributed by atoms with Gasteiger partial charge >= 0.3 is 0 Å². The van der Waals surface area contributed by atoms with Gasteiger partial charge in [-0.25, -0.2) is 0 Å². The Bertz CT molecular complexity index is 538. The molecule has 0 atom stereocenters. The van der Waals surface area contributed by atoms with Gasteiger partial charge in [0.1, 0.15) is 0 Å². The minimum absolute atomic E-state index is 1.37. The third-order valence-electron chi connectivity index (χ3n) is 12.7. The summed E-state index contributed by atoms with van der Waals surface area (Å²) in [7, 11) is 0. The van der Waals surface area contributed by atoms with Crippen molar-refractivity contribution in [3.63, 3.8) is 0 Å². The van der Waals surface area contributed by atoms with Gasteiger partial charge in [-0.05, 0) is 51.4 Å². The number of rotatable bonds is 47. The predicted molar refractivity (Wildman–Crippen MR) is 241 cm³/mol. The van der Waals surface area contributed by atoms with Gasteiger partial charge in [-0.15, -0.1) is 0 Å². The van der Waals surface area contributed by atoms with Gasteiger partial charge in [0.15, 0.2) is 0 Å². The van der Waals surface area contributed by atoms with Gasteiger partial charge in [0.05, 0.1) is 26.2 Å². The van der Waals surface area contributed by atoms with Crippen LogP contribution >= 0.6 is 0 Å². The molecule has 0 aliphatic carbocycles. The van der Waals surface area contributed by atoms with E-state index in [2.05, 4.69) is 27.7 Å². The quantitative estimate of drug-likeness (QED) is 0.0432. The van der Waals surface area contributed by atoms with Crippen LogP contribution in [0.2, 0.25) is 0 Å². The lowest BCUT2D eigenvalue weighted by atomic mass is 10.0. The first kappa shape index (κ1) is 52.0. The third kappa shape index (κ3) is 39.6. The van der Waals surface area contributed by atoms with Gasteiger partial charge in [0.25, 0.3) is 0 Å². The van der Waals surface area contributed by atoms with Crippen LogP contribution in [0.3, 0.4) is 0 Å². The highest BCUT2D eigenvalue weighted by atomic mass is 15.3. The molecule has 0 saturated carbocycles. The first-order valence-electron chi connectivity index (χ1n) is 25.6. The van der Waals surface area contributed by atoms with Crippen LogP contribution in [0, 0.1) is 0 Å². The molecule has 314 valence electrons. The molecule has 0 unspecified atom stereocenters. The van der Waals surface area contributed by atoms with Crippen LogP contribution in [-0.4, -0.2) is 30.7 Å². The summed E-state index contributed by atoms with van der Waals surface area (Å²) in [6, 6.07) is 0. The smallest absolute Gasteiger partial charge is 0.0786 e. The van der Waals surface area contributed by atoms with Crippen molar-refractivity contribution in [1.29, 1.82) is 0 Å². The van der Waals surface area contributed by atoms with Crippen molar-refractivity contribution in [1.82, 2.24) is 0 Å². The molecule has 0 aromatic heterocycles. The summed E-state index contributed by atoms with van der Waals surface area (Å²) in [5.41, 5.74) is 0. The molecule has 0 amide bonds. The summed E-state index contributed by atoms with van der Waals surface area (Å²) in [4.78, 5) is 0. The summed E-state index contributed by atoms with van der Waals surface area (Å²) in [6.07, 6.45) is 63.2. The van der Waals surface area contributed by atoms with E-state index >= 15 is 0 Å². The van der Waals surface area contributed by atoms with Gasteiger partial charge in [-0.1, -0.05) is 252 Å². The topological polar surface area (TPSA) is 0 Å². The monoisotopic (exact) mass is 733 g/mol. The van der Waals surface area contributed by atoms with E-state index in [1.54, 1.807) is 0 Å². The molecular formula is C51H106N+. The van der Waals surface area contributed by atoms with E-state index in [0.29, 0.717) is 0 Å². The first-order valence-corrected chi connectivity index (χ1v) is 25.6. The Kier molecular flexibility index (Phi) is 45.3. The molecule has 0 aromatic carbocycles. The van der Waals surface area contributed by atoms with Crippen LogP contribution in [0.1, 0.15) is 304 Å². The zero-order valence-corrected chi connectivity index (χ0v) is 37.7. The van der Waals surface area contributed by atoms with E-state index in [0.717, 1.165) is 0 Å². The average molecular weight is 733 g/mol. The summed E-state index contributed by atoms with van der Waals surface area (Å²) in [6.45, 7) is 15.3. The molecule has 0 aliphatic rings. The Morgan fingerprint density at radius 1 is 0.154 bits per heavy atom. The first-order chi connectivity index (χ1) is 25.7. The van der Waals surface area contributed by atoms with E-state index in [1.165, 1.54) is 307 Å². The maximum absolute atomic E-state index is 2.39. The van der Waals surface area contributed by atoms with E-state index in [1.807, 2.05) is 0 Å². The molecule has 0 spiro atoms. The Hall–Kier alpha value is -0.0400. The summed E-state index contributed by atoms with van der Waals surface area (Å²) >= 11 is 0. The molecule has 0 bridgehead atoms. The number of quaternary nitrogens is 1. The van der Waals surface area contributed by atoms with E-state index in [4.69, 9.17) is 0 Å². The van der Waals surface area contributed by atoms with Gasteiger partial charge in [-0.3, -0.25) is 0 Å². The van der Waals surface area contributed by atoms with Crippen LogP contribution in [0.15, 0.2) is 0 Å². The third-order valence-corrected chi connectivity index (χ3v) is 12.7. The van der Waals surface area contributed by atoms with Crippen molar-refractivity contribution in [2.75, 3.05) is 26.2 Å². The van der Waals surface area contributed by atoms with Crippen molar-refractivity contribution in [2.24, 2.45) is 0 Å². The lowest BCUT2D eigenvalue weighted by molar-refractivity contribution is -0.929. The molecule has 1 nitrogen and oxygen atoms in total. The average Bonchev–Trinajstić information content (AvgIpc) is 3.15. The van der Waals surface area contributed by atoms with E-state index in [9.17, 15) is 0 Å². The van der Waals surface area contributed by atoms with Gasteiger partial charge in [0.2, 0.25) is 0 Å². The zero-order valence-electron chi connectivity index (χ0n) is 37.7. The summed E-state index contributed by atoms with van der Waals surface area (Å²) in [5.74, 6) is 0. The van der Waals surface area contributed by atoms with Crippen molar-refractivity contribution >= 4 is 0 Å². The lowest BCUT2D eigenvalue weighted by Crippen LogP contribution is -2.50. The van der Waals surface area contributed by atoms with Crippen molar-refractivity contribution in [3.8, 4) is 0 Å². The largest absolute Gasteiger partial charge is 0.324 e. The molecule has 1 heteroatoms. The lowest BCUT2D eigenvalue weighted by Gasteiger charge is -2.40. The molecule has 0 aliphatic heterocycles. The fourth-order valence-electron chi connectivity index (χ4n) is 8.94. The van der Waals surface area contributed by atoms with Crippen molar-refractivity contribution < 1.29 is 4.48 Å². The highest BCUT2D eigenvalue weighted by Crippen LogP contribution is 2.22. The fraction of sp³-hybridized carbons (Fsp3) is 1.00. The second-order valence-electron chi connectivity index (χ2n) is 18.0. The van der Waals surface area contributed by atoms with Crippen molar-refractivity contribution in [2.45, 2.75) is 304 Å². The Morgan fingerprint density at radius 2 is 0.269 bits per heavy atom. The number of hydrogen-bond acceptors (Lipinski definition) is 0. The minimum Gasteiger partial charge on any atom is -0.324 e. The van der Waals surface area contributed by atoms with Gasteiger partial charge < -0.3 is 4.48 Å². The standard InChI is InChI=1S/C51H106N/c1-5-9-13-17-20-23-26-29-32-35-38-41-45-49-52(48-44-16-12-8-4,50-46-42-39-36-33-30-27-24-21-18-14-10-6-2)51-47-43-40-37-34-31-28-25-22-19-15-11-7-3/h5-51H2,1-4H3/q+1. The number of nitrogens with zero attached hydrogens (tertiary/aromatic N) is 1. The molecule has 0 saturated heterocycles. The minimum atomic E-state index is 1.37. The zero-order chi connectivity index (χ0) is 37.7. The molecule has 52 heavy (non-hydrogen) atoms. The molecule has 0 heterocycles. The Labute approximate surface area is 333 Å². The maximum atomic E-state index is 2.39. The van der Waals surface area contributed by atoms with E-state index < -0.39 is 0 Å². The summed E-state index contributed by atoms with van der Waals surface area (Å²) < 4.78 is 1.48. The maximum Gasteiger partial charge on any atom is 0.0786 e. The van der Waals surface area contributed by atoms with E-state index in [-0.39, 0.29) is 0 Å². The number of hydrogen-bond donors (Lipinski definition) is 0. The predicted octanol–water partition coefficient (Wildman–Crippen LogP) is 18.7. The van der Waals surface area contributed by atoms with Crippen molar-refractivity contribution in [3.05, 3.63) is 0 Å². The molecule has 0 rings (SSSR count). The van der Waals surface area contributed by atoms with Crippen LogP contribution in [0.25, 0.3) is 0 Å². The highest BCUT2D eigenvalue weighted by Gasteiger charge is 2.25. The van der Waals surface area contributed by atoms with Crippen LogP contribution < -0.4 is 0 Å². The molecule has 0 fully saturated rings. The summed E-state index contributed by atoms with van der Waals surface area (Å²) in [5, 5.41) is 0. The fourth-order valence-corrected chi connectivity index (χ4v) is 8.94. The molecule has 0 radical (unpaired) electrons. The molecular weight excluding hydrogens is 627 g/mol.